The van der Waals surface area contributed by atoms with Crippen molar-refractivity contribution >= 4 is 5.91 Å². The van der Waals surface area contributed by atoms with Gasteiger partial charge in [0.25, 0.3) is 0 Å². The molecule has 0 bridgehead atoms. The van der Waals surface area contributed by atoms with Crippen molar-refractivity contribution in [2.24, 2.45) is 5.92 Å². The number of carbonyl (C=O) groups excluding carboxylic acids is 1. The number of carbonyl (C=O) groups is 1. The van der Waals surface area contributed by atoms with E-state index in [0.717, 1.165) is 44.3 Å². The summed E-state index contributed by atoms with van der Waals surface area (Å²) >= 11 is 0. The number of hydrogen-bond acceptors (Lipinski definition) is 2. The average molecular weight is 249 g/mol. The van der Waals surface area contributed by atoms with Crippen LogP contribution in [0.2, 0.25) is 0 Å². The van der Waals surface area contributed by atoms with E-state index in [1.54, 1.807) is 0 Å². The van der Waals surface area contributed by atoms with E-state index in [1.165, 1.54) is 12.8 Å². The smallest absolute Gasteiger partial charge is 0.249 e. The summed E-state index contributed by atoms with van der Waals surface area (Å²) in [6.45, 7) is 3.93. The summed E-state index contributed by atoms with van der Waals surface area (Å²) in [5, 5.41) is 0. The van der Waals surface area contributed by atoms with Crippen LogP contribution in [0.25, 0.3) is 0 Å². The van der Waals surface area contributed by atoms with Crippen molar-refractivity contribution in [3.05, 3.63) is 11.6 Å². The summed E-state index contributed by atoms with van der Waals surface area (Å²) in [5.41, 5.74) is 1.06. The van der Waals surface area contributed by atoms with Crippen LogP contribution in [-0.4, -0.2) is 36.1 Å². The minimum absolute atomic E-state index is 0.299. The van der Waals surface area contributed by atoms with Crippen molar-refractivity contribution in [3.8, 4) is 0 Å². The van der Waals surface area contributed by atoms with Crippen molar-refractivity contribution in [2.45, 2.75) is 57.7 Å². The van der Waals surface area contributed by atoms with Gasteiger partial charge in [-0.1, -0.05) is 6.08 Å². The van der Waals surface area contributed by atoms with Gasteiger partial charge in [-0.3, -0.25) is 4.79 Å². The topological polar surface area (TPSA) is 29.5 Å². The molecule has 0 aromatic carbocycles. The number of allylic oxidation sites excluding steroid dienone is 1. The van der Waals surface area contributed by atoms with Gasteiger partial charge in [-0.25, -0.2) is 0 Å². The summed E-state index contributed by atoms with van der Waals surface area (Å²) in [4.78, 5) is 14.5. The molecule has 2 saturated heterocycles. The monoisotopic (exact) mass is 249 g/mol. The van der Waals surface area contributed by atoms with Gasteiger partial charge in [0, 0.05) is 24.6 Å². The fraction of sp³-hybridized carbons (Fsp3) is 0.800. The number of ether oxygens (including phenoxy) is 1. The average Bonchev–Trinajstić information content (AvgIpc) is 2.78. The van der Waals surface area contributed by atoms with Gasteiger partial charge in [0.05, 0.1) is 12.2 Å². The standard InChI is InChI=1S/C15H23NO2/c1-11-9-13-10-16(8-7-14(13)18-11)15(17)12-5-3-2-4-6-12/h5,11,13-14H,2-4,6-10H2,1H3/t11-,13-,14+/m0/s1. The third-order valence-electron chi connectivity index (χ3n) is 4.56. The number of fused-ring (bicyclic) bond motifs is 1. The lowest BCUT2D eigenvalue weighted by Gasteiger charge is -2.35. The normalized spacial score (nSPS) is 36.2. The van der Waals surface area contributed by atoms with Gasteiger partial charge in [-0.15, -0.1) is 0 Å². The molecule has 2 aliphatic heterocycles. The molecule has 0 aromatic rings. The zero-order valence-electron chi connectivity index (χ0n) is 11.2. The maximum Gasteiger partial charge on any atom is 0.249 e. The van der Waals surface area contributed by atoms with Crippen molar-refractivity contribution in [1.82, 2.24) is 4.90 Å². The van der Waals surface area contributed by atoms with Crippen LogP contribution in [-0.2, 0) is 9.53 Å². The van der Waals surface area contributed by atoms with E-state index >= 15 is 0 Å². The Morgan fingerprint density at radius 3 is 3.11 bits per heavy atom. The van der Waals surface area contributed by atoms with Gasteiger partial charge in [0.15, 0.2) is 0 Å². The van der Waals surface area contributed by atoms with E-state index in [2.05, 4.69) is 17.9 Å². The molecule has 3 heteroatoms. The first-order valence-corrected chi connectivity index (χ1v) is 7.38. The molecule has 0 radical (unpaired) electrons. The molecule has 1 amide bonds. The molecule has 18 heavy (non-hydrogen) atoms. The quantitative estimate of drug-likeness (QED) is 0.714. The number of nitrogens with zero attached hydrogens (tertiary/aromatic N) is 1. The molecule has 3 atom stereocenters. The van der Waals surface area contributed by atoms with Crippen LogP contribution in [0.3, 0.4) is 0 Å². The lowest BCUT2D eigenvalue weighted by molar-refractivity contribution is -0.130. The second kappa shape index (κ2) is 5.04. The third kappa shape index (κ3) is 2.33. The van der Waals surface area contributed by atoms with Crippen molar-refractivity contribution < 1.29 is 9.53 Å². The molecule has 3 nitrogen and oxygen atoms in total. The second-order valence-electron chi connectivity index (χ2n) is 6.00. The molecule has 0 spiro atoms. The van der Waals surface area contributed by atoms with Crippen molar-refractivity contribution in [1.29, 1.82) is 0 Å². The highest BCUT2D eigenvalue weighted by atomic mass is 16.5. The minimum Gasteiger partial charge on any atom is -0.375 e. The van der Waals surface area contributed by atoms with Gasteiger partial charge >= 0.3 is 0 Å². The lowest BCUT2D eigenvalue weighted by atomic mass is 9.91. The number of hydrogen-bond donors (Lipinski definition) is 0. The van der Waals surface area contributed by atoms with Crippen molar-refractivity contribution in [3.63, 3.8) is 0 Å². The molecule has 2 fully saturated rings. The van der Waals surface area contributed by atoms with Gasteiger partial charge in [-0.05, 0) is 45.4 Å². The summed E-state index contributed by atoms with van der Waals surface area (Å²) in [7, 11) is 0. The molecular weight excluding hydrogens is 226 g/mol. The van der Waals surface area contributed by atoms with Crippen LogP contribution in [0.1, 0.15) is 45.4 Å². The molecule has 0 saturated carbocycles. The Kier molecular flexibility index (Phi) is 3.42. The molecule has 1 aliphatic carbocycles. The minimum atomic E-state index is 0.299. The number of amides is 1. The summed E-state index contributed by atoms with van der Waals surface area (Å²) in [6.07, 6.45) is 9.57. The summed E-state index contributed by atoms with van der Waals surface area (Å²) in [6, 6.07) is 0. The molecule has 2 heterocycles. The Morgan fingerprint density at radius 1 is 1.44 bits per heavy atom. The Balaban J connectivity index is 1.63. The van der Waals surface area contributed by atoms with E-state index in [1.807, 2.05) is 0 Å². The van der Waals surface area contributed by atoms with E-state index < -0.39 is 0 Å². The van der Waals surface area contributed by atoms with E-state index in [9.17, 15) is 4.79 Å². The highest BCUT2D eigenvalue weighted by molar-refractivity contribution is 5.93. The fourth-order valence-corrected chi connectivity index (χ4v) is 3.62. The SMILES string of the molecule is C[C@H]1C[C@H]2CN(C(=O)C3=CCCCC3)CC[C@H]2O1. The van der Waals surface area contributed by atoms with Gasteiger partial charge in [-0.2, -0.15) is 0 Å². The predicted octanol–water partition coefficient (Wildman–Crippen LogP) is 2.51. The van der Waals surface area contributed by atoms with E-state index in [0.29, 0.717) is 24.0 Å². The summed E-state index contributed by atoms with van der Waals surface area (Å²) in [5.74, 6) is 0.870. The zero-order valence-corrected chi connectivity index (χ0v) is 11.2. The largest absolute Gasteiger partial charge is 0.375 e. The second-order valence-corrected chi connectivity index (χ2v) is 6.00. The van der Waals surface area contributed by atoms with Crippen LogP contribution in [0, 0.1) is 5.92 Å². The summed E-state index contributed by atoms with van der Waals surface area (Å²) < 4.78 is 5.89. The fourth-order valence-electron chi connectivity index (χ4n) is 3.62. The first-order chi connectivity index (χ1) is 8.74. The Labute approximate surface area is 109 Å². The molecule has 0 N–H and O–H groups in total. The van der Waals surface area contributed by atoms with Crippen LogP contribution >= 0.6 is 0 Å². The number of likely N-dealkylation sites (tertiary alicyclic amines) is 1. The molecule has 3 rings (SSSR count). The van der Waals surface area contributed by atoms with E-state index in [-0.39, 0.29) is 0 Å². The zero-order chi connectivity index (χ0) is 12.5. The highest BCUT2D eigenvalue weighted by Crippen LogP contribution is 2.33. The molecular formula is C15H23NO2. The van der Waals surface area contributed by atoms with Crippen LogP contribution in [0.4, 0.5) is 0 Å². The van der Waals surface area contributed by atoms with Gasteiger partial charge < -0.3 is 9.64 Å². The Morgan fingerprint density at radius 2 is 2.33 bits per heavy atom. The lowest BCUT2D eigenvalue weighted by Crippen LogP contribution is -2.45. The van der Waals surface area contributed by atoms with Crippen LogP contribution in [0.5, 0.6) is 0 Å². The number of piperidine rings is 1. The van der Waals surface area contributed by atoms with Crippen LogP contribution in [0.15, 0.2) is 11.6 Å². The maximum absolute atomic E-state index is 12.4. The Hall–Kier alpha value is -0.830. The molecule has 0 unspecified atom stereocenters. The predicted molar refractivity (Wildman–Crippen MR) is 70.2 cm³/mol. The third-order valence-corrected chi connectivity index (χ3v) is 4.56. The van der Waals surface area contributed by atoms with Gasteiger partial charge in [0.2, 0.25) is 5.91 Å². The maximum atomic E-state index is 12.4. The molecule has 3 aliphatic rings. The number of rotatable bonds is 1. The van der Waals surface area contributed by atoms with Crippen LogP contribution < -0.4 is 0 Å². The molecule has 100 valence electrons. The first-order valence-electron chi connectivity index (χ1n) is 7.38. The first kappa shape index (κ1) is 12.2. The van der Waals surface area contributed by atoms with Gasteiger partial charge in [0.1, 0.15) is 0 Å². The van der Waals surface area contributed by atoms with E-state index in [4.69, 9.17) is 4.74 Å². The molecule has 0 aromatic heterocycles. The highest BCUT2D eigenvalue weighted by Gasteiger charge is 2.38. The van der Waals surface area contributed by atoms with Crippen molar-refractivity contribution in [2.75, 3.05) is 13.1 Å². The Bertz CT molecular complexity index is 364.